The van der Waals surface area contributed by atoms with Crippen molar-refractivity contribution in [2.45, 2.75) is 13.3 Å². The molecule has 0 bridgehead atoms. The number of aromatic nitrogens is 2. The van der Waals surface area contributed by atoms with Gasteiger partial charge < -0.3 is 11.1 Å². The average molecular weight is 274 g/mol. The highest BCUT2D eigenvalue weighted by Gasteiger charge is 2.17. The Morgan fingerprint density at radius 1 is 1.30 bits per heavy atom. The molecule has 0 saturated heterocycles. The van der Waals surface area contributed by atoms with E-state index >= 15 is 0 Å². The summed E-state index contributed by atoms with van der Waals surface area (Å²) in [6.45, 7) is 2.05. The first-order chi connectivity index (χ1) is 9.56. The molecule has 1 aromatic heterocycles. The average Bonchev–Trinajstić information content (AvgIpc) is 2.64. The molecule has 0 aliphatic heterocycles. The number of benzene rings is 1. The predicted molar refractivity (Wildman–Crippen MR) is 78.0 cm³/mol. The second-order valence-electron chi connectivity index (χ2n) is 4.52. The fourth-order valence-corrected chi connectivity index (χ4v) is 2.05. The molecule has 2 aromatic rings. The summed E-state index contributed by atoms with van der Waals surface area (Å²) in [7, 11) is 1.78. The molecule has 3 N–H and O–H groups in total. The lowest BCUT2D eigenvalue weighted by Crippen LogP contribution is -2.23. The summed E-state index contributed by atoms with van der Waals surface area (Å²) in [5.41, 5.74) is 6.84. The number of hydrogen-bond donors (Lipinski definition) is 2. The predicted octanol–water partition coefficient (Wildman–Crippen LogP) is 0.772. The Morgan fingerprint density at radius 3 is 2.55 bits per heavy atom. The fourth-order valence-electron chi connectivity index (χ4n) is 2.05. The van der Waals surface area contributed by atoms with E-state index in [4.69, 9.17) is 5.73 Å². The van der Waals surface area contributed by atoms with E-state index in [1.165, 1.54) is 4.68 Å². The number of anilines is 1. The second kappa shape index (κ2) is 5.75. The van der Waals surface area contributed by atoms with Crippen LogP contribution in [0, 0.1) is 6.92 Å². The van der Waals surface area contributed by atoms with E-state index in [0.29, 0.717) is 11.4 Å². The van der Waals surface area contributed by atoms with E-state index in [0.717, 1.165) is 5.69 Å². The molecule has 1 amide bonds. The summed E-state index contributed by atoms with van der Waals surface area (Å²) in [6, 6.07) is 9.28. The number of nitrogens with zero attached hydrogens (tertiary/aromatic N) is 2. The lowest BCUT2D eigenvalue weighted by molar-refractivity contribution is -0.116. The van der Waals surface area contributed by atoms with Crippen LogP contribution in [0.15, 0.2) is 35.1 Å². The maximum atomic E-state index is 12.4. The zero-order valence-electron chi connectivity index (χ0n) is 11.6. The van der Waals surface area contributed by atoms with E-state index in [2.05, 4.69) is 5.32 Å². The molecule has 1 heterocycles. The van der Waals surface area contributed by atoms with Gasteiger partial charge in [-0.2, -0.15) is 0 Å². The van der Waals surface area contributed by atoms with Crippen molar-refractivity contribution in [3.05, 3.63) is 46.4 Å². The van der Waals surface area contributed by atoms with E-state index in [1.54, 1.807) is 18.7 Å². The molecular weight excluding hydrogens is 256 g/mol. The van der Waals surface area contributed by atoms with E-state index in [1.807, 2.05) is 30.3 Å². The first-order valence-corrected chi connectivity index (χ1v) is 6.40. The van der Waals surface area contributed by atoms with Crippen LogP contribution < -0.4 is 16.6 Å². The van der Waals surface area contributed by atoms with Crippen LogP contribution in [-0.4, -0.2) is 21.8 Å². The van der Waals surface area contributed by atoms with Gasteiger partial charge in [0.2, 0.25) is 5.91 Å². The Hall–Kier alpha value is -2.34. The van der Waals surface area contributed by atoms with Crippen LogP contribution in [0.3, 0.4) is 0 Å². The molecule has 2 rings (SSSR count). The van der Waals surface area contributed by atoms with Crippen molar-refractivity contribution in [2.24, 2.45) is 12.8 Å². The molecule has 0 spiro atoms. The summed E-state index contributed by atoms with van der Waals surface area (Å²) < 4.78 is 3.24. The van der Waals surface area contributed by atoms with Gasteiger partial charge >= 0.3 is 0 Å². The highest BCUT2D eigenvalue weighted by molar-refractivity contribution is 5.91. The van der Waals surface area contributed by atoms with Gasteiger partial charge in [0.25, 0.3) is 5.56 Å². The molecule has 106 valence electrons. The molecule has 6 nitrogen and oxygen atoms in total. The number of para-hydroxylation sites is 1. The maximum absolute atomic E-state index is 12.4. The number of hydrogen-bond acceptors (Lipinski definition) is 3. The molecule has 0 atom stereocenters. The largest absolute Gasteiger partial charge is 0.330 e. The first kappa shape index (κ1) is 14.1. The van der Waals surface area contributed by atoms with Gasteiger partial charge in [-0.3, -0.25) is 14.3 Å². The Morgan fingerprint density at radius 2 is 1.95 bits per heavy atom. The SMILES string of the molecule is Cc1c(NC(=O)CCN)c(=O)n(-c2ccccc2)n1C. The van der Waals surface area contributed by atoms with Crippen LogP contribution in [-0.2, 0) is 11.8 Å². The van der Waals surface area contributed by atoms with E-state index in [9.17, 15) is 9.59 Å². The standard InChI is InChI=1S/C14H18N4O2/c1-10-13(16-12(19)8-9-15)14(20)18(17(10)2)11-6-4-3-5-7-11/h3-7H,8-9,15H2,1-2H3,(H,16,19). The highest BCUT2D eigenvalue weighted by Crippen LogP contribution is 2.13. The van der Waals surface area contributed by atoms with Gasteiger partial charge in [0.05, 0.1) is 11.4 Å². The Kier molecular flexibility index (Phi) is 4.05. The van der Waals surface area contributed by atoms with Crippen molar-refractivity contribution in [1.82, 2.24) is 9.36 Å². The van der Waals surface area contributed by atoms with Crippen LogP contribution in [0.1, 0.15) is 12.1 Å². The van der Waals surface area contributed by atoms with Gasteiger partial charge in [-0.15, -0.1) is 0 Å². The fraction of sp³-hybridized carbons (Fsp3) is 0.286. The topological polar surface area (TPSA) is 82.1 Å². The van der Waals surface area contributed by atoms with Crippen LogP contribution in [0.25, 0.3) is 5.69 Å². The Balaban J connectivity index is 2.47. The zero-order chi connectivity index (χ0) is 14.7. The summed E-state index contributed by atoms with van der Waals surface area (Å²) >= 11 is 0. The number of carbonyl (C=O) groups is 1. The summed E-state index contributed by atoms with van der Waals surface area (Å²) in [6.07, 6.45) is 0.194. The molecule has 0 aliphatic carbocycles. The highest BCUT2D eigenvalue weighted by atomic mass is 16.2. The lowest BCUT2D eigenvalue weighted by atomic mass is 10.3. The third-order valence-electron chi connectivity index (χ3n) is 3.19. The first-order valence-electron chi connectivity index (χ1n) is 6.40. The van der Waals surface area contributed by atoms with Crippen LogP contribution >= 0.6 is 0 Å². The third kappa shape index (κ3) is 2.50. The Labute approximate surface area is 116 Å². The van der Waals surface area contributed by atoms with Crippen molar-refractivity contribution in [2.75, 3.05) is 11.9 Å². The monoisotopic (exact) mass is 274 g/mol. The summed E-state index contributed by atoms with van der Waals surface area (Å²) in [5.74, 6) is -0.251. The van der Waals surface area contributed by atoms with E-state index < -0.39 is 0 Å². The van der Waals surface area contributed by atoms with Gasteiger partial charge in [0.1, 0.15) is 5.69 Å². The molecular formula is C14H18N4O2. The molecule has 6 heteroatoms. The number of nitrogens with two attached hydrogens (primary N) is 1. The number of amides is 1. The normalized spacial score (nSPS) is 10.6. The maximum Gasteiger partial charge on any atom is 0.295 e. The minimum absolute atomic E-state index is 0.194. The molecule has 0 radical (unpaired) electrons. The quantitative estimate of drug-likeness (QED) is 0.864. The van der Waals surface area contributed by atoms with Gasteiger partial charge in [-0.25, -0.2) is 4.68 Å². The van der Waals surface area contributed by atoms with Gasteiger partial charge in [-0.1, -0.05) is 18.2 Å². The summed E-state index contributed by atoms with van der Waals surface area (Å²) in [5, 5.41) is 2.64. The van der Waals surface area contributed by atoms with Gasteiger partial charge in [-0.05, 0) is 19.1 Å². The second-order valence-corrected chi connectivity index (χ2v) is 4.52. The van der Waals surface area contributed by atoms with Crippen LogP contribution in [0.4, 0.5) is 5.69 Å². The van der Waals surface area contributed by atoms with Gasteiger partial charge in [0.15, 0.2) is 0 Å². The zero-order valence-corrected chi connectivity index (χ0v) is 11.6. The minimum Gasteiger partial charge on any atom is -0.330 e. The summed E-state index contributed by atoms with van der Waals surface area (Å²) in [4.78, 5) is 24.1. The molecule has 0 aliphatic rings. The van der Waals surface area contributed by atoms with Crippen molar-refractivity contribution in [3.63, 3.8) is 0 Å². The Bertz CT molecular complexity index is 670. The van der Waals surface area contributed by atoms with Crippen LogP contribution in [0.5, 0.6) is 0 Å². The van der Waals surface area contributed by atoms with E-state index in [-0.39, 0.29) is 24.4 Å². The number of rotatable bonds is 4. The number of nitrogens with one attached hydrogen (secondary N) is 1. The smallest absolute Gasteiger partial charge is 0.295 e. The molecule has 0 saturated carbocycles. The van der Waals surface area contributed by atoms with Crippen molar-refractivity contribution >= 4 is 11.6 Å². The van der Waals surface area contributed by atoms with Crippen molar-refractivity contribution < 1.29 is 4.79 Å². The number of carbonyl (C=O) groups excluding carboxylic acids is 1. The van der Waals surface area contributed by atoms with Crippen molar-refractivity contribution in [3.8, 4) is 5.69 Å². The van der Waals surface area contributed by atoms with Crippen LogP contribution in [0.2, 0.25) is 0 Å². The molecule has 0 fully saturated rings. The minimum atomic E-state index is -0.251. The van der Waals surface area contributed by atoms with Crippen molar-refractivity contribution in [1.29, 1.82) is 0 Å². The third-order valence-corrected chi connectivity index (χ3v) is 3.19. The van der Waals surface area contributed by atoms with Gasteiger partial charge in [0, 0.05) is 20.0 Å². The molecule has 0 unspecified atom stereocenters. The molecule has 20 heavy (non-hydrogen) atoms. The molecule has 1 aromatic carbocycles. The lowest BCUT2D eigenvalue weighted by Gasteiger charge is -2.07.